The van der Waals surface area contributed by atoms with Crippen molar-refractivity contribution >= 4 is 27.1 Å². The molecule has 0 aromatic rings. The minimum atomic E-state index is -2.86. The SMILES string of the molecule is CO[Si](CCCN(CCN(C(=O)[O-])C(=O)[O-])C(=O)[O-])(OC)OC.[Na+].[Na+].[Na+]. The van der Waals surface area contributed by atoms with Gasteiger partial charge in [0.05, 0.1) is 0 Å². The molecule has 0 spiro atoms. The van der Waals surface area contributed by atoms with Crippen LogP contribution in [0.5, 0.6) is 0 Å². The summed E-state index contributed by atoms with van der Waals surface area (Å²) in [5, 5.41) is 32.1. The maximum absolute atomic E-state index is 11.0. The summed E-state index contributed by atoms with van der Waals surface area (Å²) < 4.78 is 15.5. The van der Waals surface area contributed by atoms with E-state index in [0.29, 0.717) is 6.04 Å². The van der Waals surface area contributed by atoms with Crippen LogP contribution >= 0.6 is 0 Å². The van der Waals surface area contributed by atoms with Crippen molar-refractivity contribution in [2.24, 2.45) is 0 Å². The van der Waals surface area contributed by atoms with Gasteiger partial charge in [0, 0.05) is 47.0 Å². The van der Waals surface area contributed by atoms with E-state index in [2.05, 4.69) is 0 Å². The van der Waals surface area contributed by atoms with E-state index >= 15 is 0 Å². The fourth-order valence-corrected chi connectivity index (χ4v) is 3.52. The molecule has 3 amide bonds. The van der Waals surface area contributed by atoms with Gasteiger partial charge in [0.15, 0.2) is 0 Å². The molecular formula is C11H19N2Na3O9Si. The van der Waals surface area contributed by atoms with Gasteiger partial charge in [0.1, 0.15) is 18.3 Å². The van der Waals surface area contributed by atoms with Crippen LogP contribution in [0.3, 0.4) is 0 Å². The number of hydrogen-bond acceptors (Lipinski definition) is 9. The Morgan fingerprint density at radius 2 is 1.19 bits per heavy atom. The number of carbonyl (C=O) groups excluding carboxylic acids is 3. The van der Waals surface area contributed by atoms with Gasteiger partial charge in [-0.2, -0.15) is 0 Å². The third kappa shape index (κ3) is 12.5. The van der Waals surface area contributed by atoms with Crippen molar-refractivity contribution in [2.45, 2.75) is 12.5 Å². The Labute approximate surface area is 219 Å². The maximum Gasteiger partial charge on any atom is 1.00 e. The number of rotatable bonds is 10. The predicted octanol–water partition coefficient (Wildman–Crippen LogP) is -12.1. The van der Waals surface area contributed by atoms with E-state index in [1.165, 1.54) is 21.3 Å². The van der Waals surface area contributed by atoms with E-state index in [4.69, 9.17) is 13.3 Å². The Hall–Kier alpha value is 1.11. The van der Waals surface area contributed by atoms with Gasteiger partial charge in [0.25, 0.3) is 0 Å². The molecule has 26 heavy (non-hydrogen) atoms. The Kier molecular flexibility index (Phi) is 24.2. The summed E-state index contributed by atoms with van der Waals surface area (Å²) in [5.74, 6) is 0. The molecule has 15 heteroatoms. The first-order valence-electron chi connectivity index (χ1n) is 6.53. The number of hydrogen-bond donors (Lipinski definition) is 0. The fourth-order valence-electron chi connectivity index (χ4n) is 1.81. The van der Waals surface area contributed by atoms with Crippen molar-refractivity contribution in [2.75, 3.05) is 41.0 Å². The molecule has 0 bridgehead atoms. The van der Waals surface area contributed by atoms with Crippen molar-refractivity contribution < 1.29 is 132 Å². The molecule has 0 aromatic heterocycles. The second kappa shape index (κ2) is 18.2. The zero-order chi connectivity index (χ0) is 18.0. The molecule has 0 aliphatic carbocycles. The minimum absolute atomic E-state index is 0. The molecule has 11 nitrogen and oxygen atoms in total. The van der Waals surface area contributed by atoms with Gasteiger partial charge in [-0.05, 0) is 6.42 Å². The van der Waals surface area contributed by atoms with Gasteiger partial charge in [-0.3, -0.25) is 0 Å². The first-order chi connectivity index (χ1) is 10.7. The smallest absolute Gasteiger partial charge is 0.530 e. The quantitative estimate of drug-likeness (QED) is 0.313. The van der Waals surface area contributed by atoms with Crippen molar-refractivity contribution in [3.63, 3.8) is 0 Å². The van der Waals surface area contributed by atoms with E-state index in [1.54, 1.807) is 0 Å². The fraction of sp³-hybridized carbons (Fsp3) is 0.727. The first-order valence-corrected chi connectivity index (χ1v) is 8.47. The molecule has 134 valence electrons. The molecule has 0 unspecified atom stereocenters. The van der Waals surface area contributed by atoms with Crippen LogP contribution in [-0.2, 0) is 13.3 Å². The van der Waals surface area contributed by atoms with E-state index in [9.17, 15) is 29.7 Å². The monoisotopic (exact) mass is 420 g/mol. The Bertz CT molecular complexity index is 407. The topological polar surface area (TPSA) is 155 Å². The van der Waals surface area contributed by atoms with Gasteiger partial charge in [-0.15, -0.1) is 0 Å². The molecule has 0 N–H and O–H groups in total. The molecule has 0 saturated carbocycles. The van der Waals surface area contributed by atoms with Crippen molar-refractivity contribution in [3.8, 4) is 0 Å². The summed E-state index contributed by atoms with van der Waals surface area (Å²) in [4.78, 5) is 32.7. The summed E-state index contributed by atoms with van der Waals surface area (Å²) in [6, 6.07) is 0.310. The van der Waals surface area contributed by atoms with Crippen LogP contribution in [0.1, 0.15) is 6.42 Å². The molecule has 0 aliphatic heterocycles. The zero-order valence-corrected chi connectivity index (χ0v) is 23.1. The second-order valence-electron chi connectivity index (χ2n) is 4.34. The third-order valence-electron chi connectivity index (χ3n) is 3.14. The predicted molar refractivity (Wildman–Crippen MR) is 70.7 cm³/mol. The zero-order valence-electron chi connectivity index (χ0n) is 16.1. The Morgan fingerprint density at radius 3 is 1.50 bits per heavy atom. The number of amides is 3. The average Bonchev–Trinajstić information content (AvgIpc) is 2.49. The van der Waals surface area contributed by atoms with Crippen LogP contribution in [0, 0.1) is 0 Å². The molecule has 0 heterocycles. The largest absolute Gasteiger partial charge is 1.00 e. The van der Waals surface area contributed by atoms with Crippen LogP contribution in [0.25, 0.3) is 0 Å². The van der Waals surface area contributed by atoms with Crippen molar-refractivity contribution in [1.29, 1.82) is 0 Å². The van der Waals surface area contributed by atoms with Crippen LogP contribution < -0.4 is 104 Å². The molecule has 0 fully saturated rings. The maximum atomic E-state index is 11.0. The number of carbonyl (C=O) groups is 3. The molecule has 0 aromatic carbocycles. The molecule has 0 radical (unpaired) electrons. The van der Waals surface area contributed by atoms with Crippen molar-refractivity contribution in [1.82, 2.24) is 9.80 Å². The van der Waals surface area contributed by atoms with Crippen LogP contribution in [0.4, 0.5) is 14.4 Å². The van der Waals surface area contributed by atoms with Crippen LogP contribution in [0.15, 0.2) is 0 Å². The summed E-state index contributed by atoms with van der Waals surface area (Å²) in [6.45, 7) is -1.09. The number of imide groups is 1. The van der Waals surface area contributed by atoms with Gasteiger partial charge in [-0.1, -0.05) is 0 Å². The molecule has 0 saturated heterocycles. The van der Waals surface area contributed by atoms with E-state index in [1.807, 2.05) is 0 Å². The summed E-state index contributed by atoms with van der Waals surface area (Å²) >= 11 is 0. The second-order valence-corrected chi connectivity index (χ2v) is 7.43. The summed E-state index contributed by atoms with van der Waals surface area (Å²) in [5.41, 5.74) is 0. The summed E-state index contributed by atoms with van der Waals surface area (Å²) in [7, 11) is 1.37. The van der Waals surface area contributed by atoms with Gasteiger partial charge >= 0.3 is 97.5 Å². The van der Waals surface area contributed by atoms with Crippen LogP contribution in [0.2, 0.25) is 6.04 Å². The number of nitrogens with zero attached hydrogens (tertiary/aromatic N) is 2. The summed E-state index contributed by atoms with van der Waals surface area (Å²) in [6.07, 6.45) is -5.27. The standard InChI is InChI=1S/C11H22N2O9Si.3Na/c1-20-23(21-2,22-3)8-4-5-12(9(14)15)6-7-13(10(16)17)11(18)19;;;/h4-8H2,1-3H3,(H,14,15)(H,16,17)(H,18,19);;;/q;3*+1/p-3. The third-order valence-corrected chi connectivity index (χ3v) is 5.97. The average molecular weight is 420 g/mol. The van der Waals surface area contributed by atoms with Gasteiger partial charge < -0.3 is 52.8 Å². The Balaban J connectivity index is -0.000000807. The van der Waals surface area contributed by atoms with Gasteiger partial charge in [0.2, 0.25) is 0 Å². The van der Waals surface area contributed by atoms with E-state index in [-0.39, 0.29) is 107 Å². The Morgan fingerprint density at radius 1 is 0.769 bits per heavy atom. The minimum Gasteiger partial charge on any atom is -0.530 e. The van der Waals surface area contributed by atoms with Gasteiger partial charge in [-0.25, -0.2) is 0 Å². The molecular weight excluding hydrogens is 401 g/mol. The van der Waals surface area contributed by atoms with E-state index < -0.39 is 40.2 Å². The molecule has 0 atom stereocenters. The molecule has 0 rings (SSSR count). The van der Waals surface area contributed by atoms with Crippen molar-refractivity contribution in [3.05, 3.63) is 0 Å². The normalized spacial score (nSPS) is 9.81. The van der Waals surface area contributed by atoms with E-state index in [0.717, 1.165) is 4.90 Å². The van der Waals surface area contributed by atoms with Crippen LogP contribution in [-0.4, -0.2) is 77.8 Å². The first kappa shape index (κ1) is 34.6. The molecule has 0 aliphatic rings. The number of carboxylic acid groups (broad SMARTS) is 3.